The van der Waals surface area contributed by atoms with Crippen LogP contribution in [0.15, 0.2) is 47.0 Å². The molecule has 0 atom stereocenters. The molecule has 8 heteroatoms. The van der Waals surface area contributed by atoms with Crippen LogP contribution in [0.25, 0.3) is 11.4 Å². The summed E-state index contributed by atoms with van der Waals surface area (Å²) < 4.78 is 28.5. The molecule has 0 aliphatic rings. The summed E-state index contributed by atoms with van der Waals surface area (Å²) in [6.07, 6.45) is 0.429. The van der Waals surface area contributed by atoms with Gasteiger partial charge in [0, 0.05) is 24.5 Å². The summed E-state index contributed by atoms with van der Waals surface area (Å²) in [4.78, 5) is 16.4. The standard InChI is InChI=1S/C19H18FN3O4/c1-25-14-7-8-15(16(11-14)26-2)21-17(24)9-10-18-22-19(23-27-18)12-3-5-13(20)6-4-12/h3-8,11H,9-10H2,1-2H3,(H,21,24). The van der Waals surface area contributed by atoms with Gasteiger partial charge in [0.05, 0.1) is 19.9 Å². The van der Waals surface area contributed by atoms with E-state index >= 15 is 0 Å². The maximum absolute atomic E-state index is 13.0. The Balaban J connectivity index is 1.59. The number of nitrogens with zero attached hydrogens (tertiary/aromatic N) is 2. The summed E-state index contributed by atoms with van der Waals surface area (Å²) in [5, 5.41) is 6.63. The smallest absolute Gasteiger partial charge is 0.227 e. The number of hydrogen-bond donors (Lipinski definition) is 1. The van der Waals surface area contributed by atoms with Gasteiger partial charge in [0.2, 0.25) is 17.6 Å². The van der Waals surface area contributed by atoms with Crippen LogP contribution in [0, 0.1) is 5.82 Å². The number of aryl methyl sites for hydroxylation is 1. The third-order valence-corrected chi connectivity index (χ3v) is 3.82. The average Bonchev–Trinajstić information content (AvgIpc) is 3.16. The van der Waals surface area contributed by atoms with Crippen LogP contribution >= 0.6 is 0 Å². The van der Waals surface area contributed by atoms with E-state index in [-0.39, 0.29) is 24.6 Å². The topological polar surface area (TPSA) is 86.5 Å². The Labute approximate surface area is 155 Å². The Morgan fingerprint density at radius 3 is 2.63 bits per heavy atom. The van der Waals surface area contributed by atoms with Crippen LogP contribution in [0.2, 0.25) is 0 Å². The number of anilines is 1. The van der Waals surface area contributed by atoms with E-state index in [9.17, 15) is 9.18 Å². The van der Waals surface area contributed by atoms with Crippen LogP contribution in [0.4, 0.5) is 10.1 Å². The van der Waals surface area contributed by atoms with E-state index in [1.807, 2.05) is 0 Å². The lowest BCUT2D eigenvalue weighted by molar-refractivity contribution is -0.116. The van der Waals surface area contributed by atoms with Gasteiger partial charge in [-0.3, -0.25) is 4.79 Å². The van der Waals surface area contributed by atoms with Crippen molar-refractivity contribution in [1.82, 2.24) is 10.1 Å². The highest BCUT2D eigenvalue weighted by molar-refractivity contribution is 5.92. The van der Waals surface area contributed by atoms with E-state index < -0.39 is 0 Å². The number of amides is 1. The molecule has 3 rings (SSSR count). The van der Waals surface area contributed by atoms with Crippen LogP contribution in [-0.2, 0) is 11.2 Å². The maximum atomic E-state index is 13.0. The number of methoxy groups -OCH3 is 2. The minimum Gasteiger partial charge on any atom is -0.497 e. The van der Waals surface area contributed by atoms with Crippen molar-refractivity contribution in [2.45, 2.75) is 12.8 Å². The molecule has 140 valence electrons. The number of carbonyl (C=O) groups excluding carboxylic acids is 1. The Morgan fingerprint density at radius 2 is 1.93 bits per heavy atom. The van der Waals surface area contributed by atoms with Crippen molar-refractivity contribution in [1.29, 1.82) is 0 Å². The summed E-state index contributed by atoms with van der Waals surface area (Å²) >= 11 is 0. The molecule has 0 aliphatic carbocycles. The number of carbonyl (C=O) groups is 1. The molecular formula is C19H18FN3O4. The fourth-order valence-corrected chi connectivity index (χ4v) is 2.41. The zero-order valence-corrected chi connectivity index (χ0v) is 14.9. The van der Waals surface area contributed by atoms with E-state index in [0.717, 1.165) is 0 Å². The second-order valence-electron chi connectivity index (χ2n) is 5.63. The first-order valence-electron chi connectivity index (χ1n) is 8.19. The average molecular weight is 371 g/mol. The molecule has 0 unspecified atom stereocenters. The van der Waals surface area contributed by atoms with Gasteiger partial charge in [0.25, 0.3) is 0 Å². The van der Waals surface area contributed by atoms with E-state index in [1.165, 1.54) is 19.2 Å². The first kappa shape index (κ1) is 18.4. The number of rotatable bonds is 7. The lowest BCUT2D eigenvalue weighted by atomic mass is 10.2. The van der Waals surface area contributed by atoms with Gasteiger partial charge < -0.3 is 19.3 Å². The zero-order chi connectivity index (χ0) is 19.2. The first-order valence-corrected chi connectivity index (χ1v) is 8.19. The predicted molar refractivity (Wildman–Crippen MR) is 96.2 cm³/mol. The molecule has 1 aromatic heterocycles. The SMILES string of the molecule is COc1ccc(NC(=O)CCc2nc(-c3ccc(F)cc3)no2)c(OC)c1. The predicted octanol–water partition coefficient (Wildman–Crippen LogP) is 3.46. The molecule has 3 aromatic rings. The van der Waals surface area contributed by atoms with Gasteiger partial charge in [-0.2, -0.15) is 4.98 Å². The zero-order valence-electron chi connectivity index (χ0n) is 14.9. The second kappa shape index (κ2) is 8.31. The number of halogens is 1. The third kappa shape index (κ3) is 4.60. The molecule has 1 amide bonds. The summed E-state index contributed by atoms with van der Waals surface area (Å²) in [5.74, 6) is 1.24. The summed E-state index contributed by atoms with van der Waals surface area (Å²) in [7, 11) is 3.07. The maximum Gasteiger partial charge on any atom is 0.227 e. The number of hydrogen-bond acceptors (Lipinski definition) is 6. The van der Waals surface area contributed by atoms with E-state index in [0.29, 0.717) is 34.5 Å². The van der Waals surface area contributed by atoms with Crippen molar-refractivity contribution in [3.8, 4) is 22.9 Å². The largest absolute Gasteiger partial charge is 0.497 e. The highest BCUT2D eigenvalue weighted by atomic mass is 19.1. The van der Waals surface area contributed by atoms with Crippen molar-refractivity contribution >= 4 is 11.6 Å². The molecule has 0 fully saturated rings. The molecule has 0 aliphatic heterocycles. The molecule has 0 bridgehead atoms. The molecule has 0 spiro atoms. The van der Waals surface area contributed by atoms with Gasteiger partial charge in [-0.25, -0.2) is 4.39 Å². The van der Waals surface area contributed by atoms with Crippen molar-refractivity contribution in [3.63, 3.8) is 0 Å². The quantitative estimate of drug-likeness (QED) is 0.684. The molecule has 0 saturated carbocycles. The molecule has 1 N–H and O–H groups in total. The van der Waals surface area contributed by atoms with Gasteiger partial charge in [-0.05, 0) is 36.4 Å². The van der Waals surface area contributed by atoms with Crippen LogP contribution in [0.1, 0.15) is 12.3 Å². The lowest BCUT2D eigenvalue weighted by Crippen LogP contribution is -2.13. The summed E-state index contributed by atoms with van der Waals surface area (Å²) in [6.45, 7) is 0. The molecule has 0 saturated heterocycles. The number of benzene rings is 2. The Morgan fingerprint density at radius 1 is 1.15 bits per heavy atom. The van der Waals surface area contributed by atoms with Crippen LogP contribution < -0.4 is 14.8 Å². The van der Waals surface area contributed by atoms with E-state index in [2.05, 4.69) is 15.5 Å². The number of aromatic nitrogens is 2. The van der Waals surface area contributed by atoms with Gasteiger partial charge >= 0.3 is 0 Å². The minimum absolute atomic E-state index is 0.153. The molecule has 7 nitrogen and oxygen atoms in total. The van der Waals surface area contributed by atoms with Crippen molar-refractivity contribution < 1.29 is 23.2 Å². The van der Waals surface area contributed by atoms with Gasteiger partial charge in [-0.1, -0.05) is 5.16 Å². The molecule has 0 radical (unpaired) electrons. The van der Waals surface area contributed by atoms with Crippen molar-refractivity contribution in [2.24, 2.45) is 0 Å². The van der Waals surface area contributed by atoms with E-state index in [4.69, 9.17) is 14.0 Å². The number of ether oxygens (including phenoxy) is 2. The Bertz CT molecular complexity index is 925. The Kier molecular flexibility index (Phi) is 5.65. The summed E-state index contributed by atoms with van der Waals surface area (Å²) in [5.41, 5.74) is 1.18. The lowest BCUT2D eigenvalue weighted by Gasteiger charge is -2.11. The third-order valence-electron chi connectivity index (χ3n) is 3.82. The fraction of sp³-hybridized carbons (Fsp3) is 0.211. The fourth-order valence-electron chi connectivity index (χ4n) is 2.41. The second-order valence-corrected chi connectivity index (χ2v) is 5.63. The first-order chi connectivity index (χ1) is 13.1. The van der Waals surface area contributed by atoms with Crippen LogP contribution in [0.3, 0.4) is 0 Å². The van der Waals surface area contributed by atoms with Crippen molar-refractivity contribution in [3.05, 3.63) is 54.2 Å². The molecular weight excluding hydrogens is 353 g/mol. The van der Waals surface area contributed by atoms with Crippen LogP contribution in [-0.4, -0.2) is 30.3 Å². The van der Waals surface area contributed by atoms with Crippen molar-refractivity contribution in [2.75, 3.05) is 19.5 Å². The highest BCUT2D eigenvalue weighted by Gasteiger charge is 2.13. The van der Waals surface area contributed by atoms with Gasteiger partial charge in [0.1, 0.15) is 17.3 Å². The van der Waals surface area contributed by atoms with Gasteiger partial charge in [0.15, 0.2) is 0 Å². The summed E-state index contributed by atoms with van der Waals surface area (Å²) in [6, 6.07) is 10.9. The van der Waals surface area contributed by atoms with Crippen LogP contribution in [0.5, 0.6) is 11.5 Å². The normalized spacial score (nSPS) is 10.5. The van der Waals surface area contributed by atoms with E-state index in [1.54, 1.807) is 37.4 Å². The minimum atomic E-state index is -0.340. The highest BCUT2D eigenvalue weighted by Crippen LogP contribution is 2.29. The number of nitrogens with one attached hydrogen (secondary N) is 1. The molecule has 1 heterocycles. The molecule has 2 aromatic carbocycles. The van der Waals surface area contributed by atoms with Gasteiger partial charge in [-0.15, -0.1) is 0 Å². The molecule has 27 heavy (non-hydrogen) atoms. The monoisotopic (exact) mass is 371 g/mol. The Hall–Kier alpha value is -3.42.